The van der Waals surface area contributed by atoms with Crippen molar-refractivity contribution in [1.29, 1.82) is 0 Å². The second-order valence-electron chi connectivity index (χ2n) is 19.5. The Morgan fingerprint density at radius 2 is 1.27 bits per heavy atom. The number of aliphatic carboxylic acids is 1. The Morgan fingerprint density at radius 1 is 0.688 bits per heavy atom. The number of aromatic nitrogens is 7. The summed E-state index contributed by atoms with van der Waals surface area (Å²) in [7, 11) is 3.45. The number of anilines is 2. The molecular formula is C56H51Cl2F2N11O6. The van der Waals surface area contributed by atoms with Crippen LogP contribution >= 0.6 is 23.2 Å². The number of benzene rings is 5. The highest BCUT2D eigenvalue weighted by Crippen LogP contribution is 2.44. The molecule has 6 heterocycles. The number of rotatable bonds is 12. The maximum atomic E-state index is 15.8. The lowest BCUT2D eigenvalue weighted by Gasteiger charge is -2.35. The van der Waals surface area contributed by atoms with E-state index in [4.69, 9.17) is 28.2 Å². The molecule has 394 valence electrons. The molecule has 5 aromatic carbocycles. The highest BCUT2D eigenvalue weighted by atomic mass is 35.5. The van der Waals surface area contributed by atoms with Gasteiger partial charge in [0.15, 0.2) is 0 Å². The Bertz CT molecular complexity index is 3930. The second kappa shape index (κ2) is 20.4. The van der Waals surface area contributed by atoms with Crippen molar-refractivity contribution in [3.05, 3.63) is 164 Å². The molecule has 0 radical (unpaired) electrons. The third-order valence-corrected chi connectivity index (χ3v) is 15.0. The lowest BCUT2D eigenvalue weighted by molar-refractivity contribution is -0.138. The van der Waals surface area contributed by atoms with E-state index in [9.17, 15) is 29.7 Å². The smallest absolute Gasteiger partial charge is 0.333 e. The van der Waals surface area contributed by atoms with Crippen molar-refractivity contribution in [2.45, 2.75) is 19.5 Å². The second-order valence-corrected chi connectivity index (χ2v) is 20.3. The average Bonchev–Trinajstić information content (AvgIpc) is 4.14. The summed E-state index contributed by atoms with van der Waals surface area (Å²) in [4.78, 5) is 49.5. The van der Waals surface area contributed by atoms with Gasteiger partial charge >= 0.3 is 17.3 Å². The number of imidazole rings is 2. The molecule has 2 aliphatic heterocycles. The minimum atomic E-state index is -0.942. The molecule has 21 heteroatoms. The number of phenols is 2. The molecule has 2 aliphatic rings. The number of nitrogens with one attached hydrogen (secondary N) is 1. The molecule has 0 saturated carbocycles. The molecule has 1 atom stereocenters. The molecule has 4 N–H and O–H groups in total. The number of piperazine rings is 2. The van der Waals surface area contributed by atoms with E-state index in [-0.39, 0.29) is 68.6 Å². The SMILES string of the molecule is C[C@@H]1CN(c2cc(-c3cc(F)cc(-c4ccc(-n5ccn(Cc6cc(-c7cc(F)cc(-c8ccc(-n9ccn(C)c9=O)c(Cl)c8)c7O)cc(N7CCN(CC(=O)O)CC7)n6)c5=O)c(Cl)c4)c3O)cc3c2cnn3C)CCN1. The molecule has 77 heavy (non-hydrogen) atoms. The van der Waals surface area contributed by atoms with E-state index in [0.717, 1.165) is 36.2 Å². The highest BCUT2D eigenvalue weighted by Gasteiger charge is 2.26. The molecule has 11 rings (SSSR count). The number of fused-ring (bicyclic) bond motifs is 1. The maximum absolute atomic E-state index is 15.8. The molecule has 17 nitrogen and oxygen atoms in total. The zero-order valence-electron chi connectivity index (χ0n) is 42.0. The summed E-state index contributed by atoms with van der Waals surface area (Å²) < 4.78 is 38.8. The van der Waals surface area contributed by atoms with Crippen LogP contribution in [0.15, 0.2) is 126 Å². The van der Waals surface area contributed by atoms with Gasteiger partial charge in [0.05, 0.1) is 51.9 Å². The van der Waals surface area contributed by atoms with Crippen molar-refractivity contribution < 1.29 is 28.9 Å². The van der Waals surface area contributed by atoms with E-state index in [2.05, 4.69) is 22.2 Å². The summed E-state index contributed by atoms with van der Waals surface area (Å²) in [6.07, 6.45) is 8.11. The van der Waals surface area contributed by atoms with Crippen LogP contribution in [-0.4, -0.2) is 118 Å². The minimum Gasteiger partial charge on any atom is -0.507 e. The Morgan fingerprint density at radius 3 is 1.84 bits per heavy atom. The lowest BCUT2D eigenvalue weighted by atomic mass is 9.95. The quantitative estimate of drug-likeness (QED) is 0.0923. The fraction of sp³-hybridized carbons (Fsp3) is 0.232. The number of nitrogens with zero attached hydrogens (tertiary/aromatic N) is 10. The number of carboxylic acid groups (broad SMARTS) is 1. The highest BCUT2D eigenvalue weighted by molar-refractivity contribution is 6.33. The molecule has 4 aromatic heterocycles. The first-order valence-electron chi connectivity index (χ1n) is 24.8. The van der Waals surface area contributed by atoms with Gasteiger partial charge in [-0.05, 0) is 102 Å². The summed E-state index contributed by atoms with van der Waals surface area (Å²) in [6, 6.07) is 22.0. The van der Waals surface area contributed by atoms with Crippen LogP contribution in [-0.2, 0) is 25.4 Å². The largest absolute Gasteiger partial charge is 0.507 e. The average molecular weight is 1080 g/mol. The predicted molar refractivity (Wildman–Crippen MR) is 293 cm³/mol. The van der Waals surface area contributed by atoms with Crippen LogP contribution in [0.4, 0.5) is 20.3 Å². The number of hydrogen-bond acceptors (Lipinski definition) is 11. The third-order valence-electron chi connectivity index (χ3n) is 14.4. The van der Waals surface area contributed by atoms with Gasteiger partial charge in [-0.3, -0.25) is 28.1 Å². The lowest BCUT2D eigenvalue weighted by Crippen LogP contribution is -2.49. The topological polar surface area (TPSA) is 184 Å². The van der Waals surface area contributed by atoms with Gasteiger partial charge in [0.25, 0.3) is 0 Å². The van der Waals surface area contributed by atoms with Crippen molar-refractivity contribution in [2.75, 3.05) is 62.2 Å². The van der Waals surface area contributed by atoms with Gasteiger partial charge in [0, 0.05) is 124 Å². The van der Waals surface area contributed by atoms with Crippen LogP contribution < -0.4 is 26.5 Å². The summed E-state index contributed by atoms with van der Waals surface area (Å²) >= 11 is 13.7. The van der Waals surface area contributed by atoms with Crippen molar-refractivity contribution >= 4 is 51.6 Å². The number of halogens is 4. The Labute approximate surface area is 449 Å². The van der Waals surface area contributed by atoms with Crippen molar-refractivity contribution in [3.63, 3.8) is 0 Å². The van der Waals surface area contributed by atoms with E-state index in [1.807, 2.05) is 35.2 Å². The fourth-order valence-electron chi connectivity index (χ4n) is 10.5. The molecule has 2 saturated heterocycles. The number of aryl methyl sites for hydroxylation is 2. The van der Waals surface area contributed by atoms with Gasteiger partial charge in [0.1, 0.15) is 29.0 Å². The van der Waals surface area contributed by atoms with Crippen molar-refractivity contribution in [2.24, 2.45) is 14.1 Å². The van der Waals surface area contributed by atoms with Crippen LogP contribution in [0.2, 0.25) is 10.0 Å². The number of carbonyl (C=O) groups is 1. The molecule has 0 amide bonds. The van der Waals surface area contributed by atoms with E-state index < -0.39 is 23.3 Å². The zero-order chi connectivity index (χ0) is 54.0. The summed E-state index contributed by atoms with van der Waals surface area (Å²) in [6.45, 7) is 5.92. The van der Waals surface area contributed by atoms with Crippen LogP contribution in [0.3, 0.4) is 0 Å². The molecule has 0 spiro atoms. The van der Waals surface area contributed by atoms with Crippen LogP contribution in [0.5, 0.6) is 11.5 Å². The number of phenolic OH excluding ortho intramolecular Hbond substituents is 2. The summed E-state index contributed by atoms with van der Waals surface area (Å²) in [5.41, 5.74) is 4.59. The van der Waals surface area contributed by atoms with E-state index in [0.29, 0.717) is 71.3 Å². The summed E-state index contributed by atoms with van der Waals surface area (Å²) in [5.74, 6) is -2.12. The first-order valence-corrected chi connectivity index (χ1v) is 25.6. The molecule has 9 aromatic rings. The van der Waals surface area contributed by atoms with Crippen LogP contribution in [0.1, 0.15) is 12.6 Å². The normalized spacial score (nSPS) is 15.2. The van der Waals surface area contributed by atoms with E-state index >= 15 is 8.78 Å². The van der Waals surface area contributed by atoms with Gasteiger partial charge in [0.2, 0.25) is 0 Å². The predicted octanol–water partition coefficient (Wildman–Crippen LogP) is 8.13. The van der Waals surface area contributed by atoms with Gasteiger partial charge in [-0.25, -0.2) is 23.4 Å². The van der Waals surface area contributed by atoms with E-state index in [1.165, 1.54) is 42.5 Å². The van der Waals surface area contributed by atoms with Crippen molar-refractivity contribution in [3.8, 4) is 67.4 Å². The number of aromatic hydroxyl groups is 2. The van der Waals surface area contributed by atoms with Gasteiger partial charge in [-0.15, -0.1) is 0 Å². The standard InChI is InChI=1S/C56H51Cl2F2N11O6/c1-32-29-68(9-8-61-32)50-22-36(21-49-44(50)28-62-65(49)3)43-27-38(60)25-41(54(43)75)34-5-7-48(46(58)20-34)71-17-15-69(56(71)77)30-39-18-35(23-51(63-39)67-13-11-66(12-14-67)31-52(72)73)42-26-37(59)24-40(53(42)74)33-4-6-47(45(57)19-33)70-16-10-64(2)55(70)76/h4-7,10,15-28,32,61,74-75H,8-9,11-14,29-31H2,1-3H3,(H,72,73)/t32-/m1/s1. The first-order chi connectivity index (χ1) is 37.0. The third kappa shape index (κ3) is 9.82. The monoisotopic (exact) mass is 1080 g/mol. The number of carboxylic acids is 1. The summed E-state index contributed by atoms with van der Waals surface area (Å²) in [5, 5.41) is 42.6. The zero-order valence-corrected chi connectivity index (χ0v) is 43.5. The number of pyridine rings is 1. The van der Waals surface area contributed by atoms with Crippen LogP contribution in [0, 0.1) is 11.6 Å². The molecule has 0 bridgehead atoms. The molecule has 0 unspecified atom stereocenters. The molecule has 0 aliphatic carbocycles. The van der Waals surface area contributed by atoms with Gasteiger partial charge < -0.3 is 35.0 Å². The Hall–Kier alpha value is -8.23. The van der Waals surface area contributed by atoms with Crippen molar-refractivity contribution in [1.82, 2.24) is 43.2 Å². The fourth-order valence-corrected chi connectivity index (χ4v) is 11.0. The minimum absolute atomic E-state index is 0.0693. The van der Waals surface area contributed by atoms with E-state index in [1.54, 1.807) is 85.0 Å². The Balaban J connectivity index is 0.915. The first kappa shape index (κ1) is 50.9. The maximum Gasteiger partial charge on any atom is 0.333 e. The van der Waals surface area contributed by atoms with Crippen LogP contribution in [0.25, 0.3) is 66.8 Å². The van der Waals surface area contributed by atoms with Gasteiger partial charge in [-0.1, -0.05) is 35.3 Å². The number of hydrogen-bond donors (Lipinski definition) is 4. The Kier molecular flexibility index (Phi) is 13.5. The molecule has 2 fully saturated rings. The molecular weight excluding hydrogens is 1030 g/mol. The van der Waals surface area contributed by atoms with Gasteiger partial charge in [-0.2, -0.15) is 5.10 Å².